The lowest BCUT2D eigenvalue weighted by Crippen LogP contribution is -2.42. The highest BCUT2D eigenvalue weighted by atomic mass is 32.1. The van der Waals surface area contributed by atoms with Crippen molar-refractivity contribution in [2.45, 2.75) is 39.8 Å². The van der Waals surface area contributed by atoms with Gasteiger partial charge in [-0.1, -0.05) is 30.3 Å². The highest BCUT2D eigenvalue weighted by Gasteiger charge is 2.14. The van der Waals surface area contributed by atoms with Gasteiger partial charge in [0.1, 0.15) is 0 Å². The fourth-order valence-electron chi connectivity index (χ4n) is 2.72. The Labute approximate surface area is 143 Å². The predicted octanol–water partition coefficient (Wildman–Crippen LogP) is 4.26. The summed E-state index contributed by atoms with van der Waals surface area (Å²) in [5.41, 5.74) is 1.15. The van der Waals surface area contributed by atoms with Crippen LogP contribution < -0.4 is 5.32 Å². The van der Waals surface area contributed by atoms with Crippen molar-refractivity contribution in [2.75, 3.05) is 13.1 Å². The van der Waals surface area contributed by atoms with E-state index in [2.05, 4.69) is 50.0 Å². The summed E-state index contributed by atoms with van der Waals surface area (Å²) in [5, 5.41) is 3.03. The van der Waals surface area contributed by atoms with Crippen LogP contribution >= 0.6 is 11.3 Å². The molecule has 1 amide bonds. The van der Waals surface area contributed by atoms with Crippen LogP contribution in [-0.2, 0) is 0 Å². The van der Waals surface area contributed by atoms with Crippen molar-refractivity contribution in [2.24, 2.45) is 0 Å². The lowest BCUT2D eigenvalue weighted by atomic mass is 10.2. The molecule has 0 radical (unpaired) electrons. The van der Waals surface area contributed by atoms with Crippen LogP contribution in [0.25, 0.3) is 10.4 Å². The number of nitrogens with zero attached hydrogens (tertiary/aromatic N) is 1. The molecule has 2 aromatic rings. The second-order valence-electron chi connectivity index (χ2n) is 6.21. The Morgan fingerprint density at radius 2 is 1.70 bits per heavy atom. The zero-order chi connectivity index (χ0) is 16.8. The Balaban J connectivity index is 1.91. The van der Waals surface area contributed by atoms with E-state index in [1.54, 1.807) is 0 Å². The second-order valence-corrected chi connectivity index (χ2v) is 7.29. The number of nitrogens with one attached hydrogen (secondary N) is 1. The van der Waals surface area contributed by atoms with E-state index in [4.69, 9.17) is 0 Å². The minimum absolute atomic E-state index is 0.0182. The van der Waals surface area contributed by atoms with Crippen LogP contribution in [0.15, 0.2) is 42.5 Å². The van der Waals surface area contributed by atoms with Gasteiger partial charge in [-0.05, 0) is 45.4 Å². The van der Waals surface area contributed by atoms with Crippen molar-refractivity contribution >= 4 is 17.2 Å². The van der Waals surface area contributed by atoms with Gasteiger partial charge in [-0.25, -0.2) is 0 Å². The Kier molecular flexibility index (Phi) is 6.37. The maximum Gasteiger partial charge on any atom is 0.261 e. The van der Waals surface area contributed by atoms with Crippen LogP contribution in [-0.4, -0.2) is 36.0 Å². The summed E-state index contributed by atoms with van der Waals surface area (Å²) in [6.45, 7) is 10.3. The van der Waals surface area contributed by atoms with Gasteiger partial charge in [-0.3, -0.25) is 9.69 Å². The Hall–Kier alpha value is -1.65. The summed E-state index contributed by atoms with van der Waals surface area (Å²) in [7, 11) is 0. The molecule has 0 fully saturated rings. The molecule has 1 aromatic carbocycles. The molecule has 1 aromatic heterocycles. The first-order valence-electron chi connectivity index (χ1n) is 8.18. The van der Waals surface area contributed by atoms with E-state index in [1.165, 1.54) is 11.3 Å². The van der Waals surface area contributed by atoms with Gasteiger partial charge in [0.05, 0.1) is 4.88 Å². The molecule has 4 heteroatoms. The van der Waals surface area contributed by atoms with Gasteiger partial charge in [0.25, 0.3) is 5.91 Å². The topological polar surface area (TPSA) is 32.3 Å². The molecule has 0 unspecified atom stereocenters. The molecule has 1 heterocycles. The van der Waals surface area contributed by atoms with Crippen LogP contribution in [0.1, 0.15) is 37.4 Å². The third-order valence-corrected chi connectivity index (χ3v) is 5.00. The molecule has 2 rings (SSSR count). The maximum absolute atomic E-state index is 12.3. The molecular formula is C19H26N2OS. The van der Waals surface area contributed by atoms with E-state index in [1.807, 2.05) is 30.3 Å². The van der Waals surface area contributed by atoms with Crippen molar-refractivity contribution in [1.82, 2.24) is 10.2 Å². The van der Waals surface area contributed by atoms with Gasteiger partial charge in [-0.15, -0.1) is 11.3 Å². The van der Waals surface area contributed by atoms with Crippen LogP contribution in [0.2, 0.25) is 0 Å². The number of carbonyl (C=O) groups is 1. The first-order chi connectivity index (χ1) is 11.0. The Morgan fingerprint density at radius 1 is 1.04 bits per heavy atom. The first-order valence-corrected chi connectivity index (χ1v) is 9.00. The van der Waals surface area contributed by atoms with E-state index >= 15 is 0 Å². The van der Waals surface area contributed by atoms with Crippen LogP contribution in [0, 0.1) is 0 Å². The summed E-state index contributed by atoms with van der Waals surface area (Å²) in [5.74, 6) is 0.0182. The fraction of sp³-hybridized carbons (Fsp3) is 0.421. The van der Waals surface area contributed by atoms with E-state index in [9.17, 15) is 4.79 Å². The number of benzene rings is 1. The Bertz CT molecular complexity index is 611. The third-order valence-electron chi connectivity index (χ3n) is 3.87. The number of hydrogen-bond donors (Lipinski definition) is 1. The smallest absolute Gasteiger partial charge is 0.261 e. The number of carbonyl (C=O) groups excluding carboxylic acids is 1. The lowest BCUT2D eigenvalue weighted by Gasteiger charge is -2.30. The molecular weight excluding hydrogens is 304 g/mol. The lowest BCUT2D eigenvalue weighted by molar-refractivity contribution is 0.0943. The number of hydrogen-bond acceptors (Lipinski definition) is 3. The number of amides is 1. The highest BCUT2D eigenvalue weighted by molar-refractivity contribution is 7.17. The zero-order valence-electron chi connectivity index (χ0n) is 14.4. The summed E-state index contributed by atoms with van der Waals surface area (Å²) in [6, 6.07) is 15.1. The largest absolute Gasteiger partial charge is 0.350 e. The van der Waals surface area contributed by atoms with Crippen LogP contribution in [0.5, 0.6) is 0 Å². The number of thiophene rings is 1. The van der Waals surface area contributed by atoms with Gasteiger partial charge in [0.2, 0.25) is 0 Å². The van der Waals surface area contributed by atoms with Crippen molar-refractivity contribution in [3.8, 4) is 10.4 Å². The molecule has 0 aliphatic rings. The maximum atomic E-state index is 12.3. The standard InChI is InChI=1S/C19H26N2OS/c1-14(2)21(15(3)4)13-12-20-19(22)18-11-10-17(23-18)16-8-6-5-7-9-16/h5-11,14-15H,12-13H2,1-4H3,(H,20,22). The summed E-state index contributed by atoms with van der Waals surface area (Å²) >= 11 is 1.54. The minimum Gasteiger partial charge on any atom is -0.350 e. The van der Waals surface area contributed by atoms with Crippen molar-refractivity contribution < 1.29 is 4.79 Å². The van der Waals surface area contributed by atoms with Crippen molar-refractivity contribution in [3.05, 3.63) is 47.3 Å². The normalized spacial score (nSPS) is 11.4. The van der Waals surface area contributed by atoms with Crippen LogP contribution in [0.3, 0.4) is 0 Å². The molecule has 0 saturated carbocycles. The van der Waals surface area contributed by atoms with E-state index in [-0.39, 0.29) is 5.91 Å². The van der Waals surface area contributed by atoms with Gasteiger partial charge < -0.3 is 5.32 Å². The minimum atomic E-state index is 0.0182. The van der Waals surface area contributed by atoms with E-state index in [0.717, 1.165) is 21.9 Å². The molecule has 0 aliphatic heterocycles. The first kappa shape index (κ1) is 17.7. The van der Waals surface area contributed by atoms with E-state index in [0.29, 0.717) is 18.6 Å². The fourth-order valence-corrected chi connectivity index (χ4v) is 3.64. The van der Waals surface area contributed by atoms with Gasteiger partial charge in [-0.2, -0.15) is 0 Å². The second kappa shape index (κ2) is 8.27. The zero-order valence-corrected chi connectivity index (χ0v) is 15.2. The average Bonchev–Trinajstić information content (AvgIpc) is 3.01. The molecule has 0 bridgehead atoms. The summed E-state index contributed by atoms with van der Waals surface area (Å²) < 4.78 is 0. The van der Waals surface area contributed by atoms with Crippen LogP contribution in [0.4, 0.5) is 0 Å². The average molecular weight is 330 g/mol. The molecule has 0 spiro atoms. The molecule has 0 aliphatic carbocycles. The molecule has 124 valence electrons. The predicted molar refractivity (Wildman–Crippen MR) is 99.1 cm³/mol. The summed E-state index contributed by atoms with van der Waals surface area (Å²) in [6.07, 6.45) is 0. The third kappa shape index (κ3) is 4.91. The van der Waals surface area contributed by atoms with Gasteiger partial charge >= 0.3 is 0 Å². The molecule has 0 atom stereocenters. The number of rotatable bonds is 7. The quantitative estimate of drug-likeness (QED) is 0.822. The van der Waals surface area contributed by atoms with Gasteiger partial charge in [0, 0.05) is 30.1 Å². The highest BCUT2D eigenvalue weighted by Crippen LogP contribution is 2.27. The molecule has 1 N–H and O–H groups in total. The van der Waals surface area contributed by atoms with E-state index < -0.39 is 0 Å². The van der Waals surface area contributed by atoms with Crippen molar-refractivity contribution in [3.63, 3.8) is 0 Å². The SMILES string of the molecule is CC(C)N(CCNC(=O)c1ccc(-c2ccccc2)s1)C(C)C. The van der Waals surface area contributed by atoms with Gasteiger partial charge in [0.15, 0.2) is 0 Å². The molecule has 23 heavy (non-hydrogen) atoms. The van der Waals surface area contributed by atoms with Crippen molar-refractivity contribution in [1.29, 1.82) is 0 Å². The summed E-state index contributed by atoms with van der Waals surface area (Å²) in [4.78, 5) is 16.6. The molecule has 3 nitrogen and oxygen atoms in total. The molecule has 0 saturated heterocycles. The Morgan fingerprint density at radius 3 is 2.30 bits per heavy atom. The monoisotopic (exact) mass is 330 g/mol.